The summed E-state index contributed by atoms with van der Waals surface area (Å²) in [7, 11) is 13.6. The zero-order valence-electron chi connectivity index (χ0n) is 65.2. The number of nitrogens with zero attached hydrogens (tertiary/aromatic N) is 17. The number of oxime groups is 1. The van der Waals surface area contributed by atoms with E-state index in [0.29, 0.717) is 79.7 Å². The quantitative estimate of drug-likeness (QED) is 0.0258. The van der Waals surface area contributed by atoms with Gasteiger partial charge in [0, 0.05) is 182 Å². The van der Waals surface area contributed by atoms with Crippen LogP contribution in [0.1, 0.15) is 73.3 Å². The van der Waals surface area contributed by atoms with E-state index in [9.17, 15) is 10.3 Å². The van der Waals surface area contributed by atoms with Gasteiger partial charge < -0.3 is 63.5 Å². The van der Waals surface area contributed by atoms with Crippen LogP contribution in [0.2, 0.25) is 0 Å². The van der Waals surface area contributed by atoms with E-state index in [2.05, 4.69) is 113 Å². The van der Waals surface area contributed by atoms with Crippen LogP contribution in [0.3, 0.4) is 0 Å². The fraction of sp³-hybridized carbons (Fsp3) is 0.373. The molecule has 1 saturated heterocycles. The van der Waals surface area contributed by atoms with Crippen molar-refractivity contribution in [2.24, 2.45) is 25.2 Å². The molecule has 1 atom stereocenters. The molecule has 1 saturated carbocycles. The van der Waals surface area contributed by atoms with Gasteiger partial charge in [0.2, 0.25) is 0 Å². The van der Waals surface area contributed by atoms with Crippen molar-refractivity contribution in [3.63, 3.8) is 0 Å². The number of ether oxygens (including phenoxy) is 7. The Morgan fingerprint density at radius 3 is 1.33 bits per heavy atom. The van der Waals surface area contributed by atoms with Crippen LogP contribution in [0.5, 0.6) is 34.5 Å². The number of rotatable bonds is 26. The highest BCUT2D eigenvalue weighted by Gasteiger charge is 2.30. The molecule has 6 aromatic carbocycles. The van der Waals surface area contributed by atoms with Crippen molar-refractivity contribution in [2.45, 2.75) is 97.5 Å². The number of benzene rings is 6. The predicted octanol–water partition coefficient (Wildman–Crippen LogP) is 14.1. The molecule has 110 heavy (non-hydrogen) atoms. The number of aliphatic hydroxyl groups excluding tert-OH is 1. The number of β-amino-alcohol motifs (C(OH)–C–C–N with tert-alkyl or cyclic N) is 1. The zero-order valence-corrected chi connectivity index (χ0v) is 65.2. The molecule has 6 aromatic heterocycles. The molecule has 14 rings (SSSR count). The Hall–Kier alpha value is -11.5. The lowest BCUT2D eigenvalue weighted by Gasteiger charge is -2.39. The van der Waals surface area contributed by atoms with Crippen molar-refractivity contribution in [1.29, 1.82) is 0 Å². The molecule has 2 aliphatic rings. The van der Waals surface area contributed by atoms with E-state index in [4.69, 9.17) is 48.1 Å². The van der Waals surface area contributed by atoms with Crippen LogP contribution in [0.4, 0.5) is 34.1 Å². The van der Waals surface area contributed by atoms with Gasteiger partial charge in [-0.1, -0.05) is 32.9 Å². The maximum Gasteiger partial charge on any atom is 0.124 e. The Bertz CT molecular complexity index is 5020. The number of aliphatic hydroxyl groups is 1. The number of hydrogen-bond acceptors (Lipinski definition) is 24. The van der Waals surface area contributed by atoms with Gasteiger partial charge >= 0.3 is 0 Å². The van der Waals surface area contributed by atoms with Crippen LogP contribution >= 0.6 is 0 Å². The van der Waals surface area contributed by atoms with Gasteiger partial charge in [0.1, 0.15) is 34.5 Å². The van der Waals surface area contributed by atoms with Gasteiger partial charge in [-0.05, 0) is 100 Å². The number of anilines is 6. The van der Waals surface area contributed by atoms with E-state index in [-0.39, 0.29) is 12.0 Å². The number of aromatic nitrogens is 12. The van der Waals surface area contributed by atoms with Crippen molar-refractivity contribution in [1.82, 2.24) is 69.5 Å². The molecule has 1 aliphatic carbocycles. The lowest BCUT2D eigenvalue weighted by Crippen LogP contribution is -2.44. The first-order chi connectivity index (χ1) is 53.3. The maximum atomic E-state index is 11.2. The highest BCUT2D eigenvalue weighted by Crippen LogP contribution is 2.41. The van der Waals surface area contributed by atoms with E-state index in [1.54, 1.807) is 70.6 Å². The monoisotopic (exact) mass is 1490 g/mol. The van der Waals surface area contributed by atoms with Gasteiger partial charge in [-0.2, -0.15) is 15.3 Å². The summed E-state index contributed by atoms with van der Waals surface area (Å²) in [4.78, 5) is 37.4. The normalized spacial score (nSPS) is 14.9. The van der Waals surface area contributed by atoms with Crippen molar-refractivity contribution < 1.29 is 43.5 Å². The second kappa shape index (κ2) is 36.1. The Labute approximate surface area is 642 Å². The summed E-state index contributed by atoms with van der Waals surface area (Å²) in [6.07, 6.45) is 20.4. The summed E-state index contributed by atoms with van der Waals surface area (Å²) < 4.78 is 44.2. The fourth-order valence-corrected chi connectivity index (χ4v) is 13.7. The molecular formula is C83H100N18O9. The number of methoxy groups -OCH3 is 6. The Morgan fingerprint density at radius 2 is 0.918 bits per heavy atom. The van der Waals surface area contributed by atoms with Crippen LogP contribution in [0.25, 0.3) is 66.9 Å². The van der Waals surface area contributed by atoms with Gasteiger partial charge in [0.25, 0.3) is 0 Å². The molecule has 0 amide bonds. The second-order valence-electron chi connectivity index (χ2n) is 28.3. The van der Waals surface area contributed by atoms with Gasteiger partial charge in [0.15, 0.2) is 0 Å². The summed E-state index contributed by atoms with van der Waals surface area (Å²) in [5, 5.41) is 41.1. The molecule has 1 aliphatic heterocycles. The first kappa shape index (κ1) is 78.1. The van der Waals surface area contributed by atoms with Gasteiger partial charge in [-0.25, -0.2) is 15.0 Å². The van der Waals surface area contributed by atoms with Crippen LogP contribution in [0.15, 0.2) is 170 Å². The third-order valence-electron chi connectivity index (χ3n) is 19.5. The molecule has 27 nitrogen and oxygen atoms in total. The first-order valence-electron chi connectivity index (χ1n) is 37.1. The topological polar surface area (TPSA) is 273 Å². The SMILES string of the molecule is COc1cc(OC)cc(N(C/C(=N/O)C(C)C)c2ccc3ncc(-c4cnn(C)c4)nc3c2)c1.COc1cc(OC)cc(N(CC(O)CN2CCOCC2)c2ccc3ncc(-c4cnn(C(C)C)c4)nc3c2)c1.COc1cc(OC)cc(N(c2ccc3ncc(-c4cnn(C)c4)nc3c2)C2CCC(NC(C)C)CC2)c1. The third-order valence-corrected chi connectivity index (χ3v) is 19.5. The highest BCUT2D eigenvalue weighted by atomic mass is 16.5. The zero-order chi connectivity index (χ0) is 77.5. The summed E-state index contributed by atoms with van der Waals surface area (Å²) in [6.45, 7) is 16.9. The van der Waals surface area contributed by atoms with E-state index in [1.165, 1.54) is 0 Å². The standard InChI is InChI=1S/C29H36N6O4.C29H36N6O2.C25H28N6O3/c1-20(2)35-17-21(15-31-35)29-16-30-27-6-5-22(13-28(27)32-29)34(19-24(36)18-33-7-9-39-10-8-33)23-11-25(37-3)14-26(12-23)38-4;1-19(2)32-21-6-8-22(9-7-21)35(24-12-25(36-4)15-26(13-24)37-5)23-10-11-27-28(14-23)33-29(17-30-27)20-16-31-34(3)18-20;1-16(2)25(29-32)15-31(19-8-20(33-4)11-21(9-19)34-5)18-6-7-22-23(10-18)28-24(13-26-22)17-12-27-30(3)14-17/h5-6,11-17,20,24,36H,7-10,18-19H2,1-4H3;10-19,21-22,32H,6-9H2,1-5H3;6-14,16,32H,15H2,1-5H3/b;;29-25-. The summed E-state index contributed by atoms with van der Waals surface area (Å²) in [5.41, 5.74) is 16.0. The minimum Gasteiger partial charge on any atom is -0.497 e. The average molecular weight is 1490 g/mol. The highest BCUT2D eigenvalue weighted by molar-refractivity contribution is 5.93. The fourth-order valence-electron chi connectivity index (χ4n) is 13.7. The van der Waals surface area contributed by atoms with Crippen LogP contribution < -0.4 is 48.4 Å². The number of hydrogen-bond donors (Lipinski definition) is 3. The summed E-state index contributed by atoms with van der Waals surface area (Å²) in [5.74, 6) is 4.25. The molecule has 12 aromatic rings. The second-order valence-corrected chi connectivity index (χ2v) is 28.3. The lowest BCUT2D eigenvalue weighted by atomic mass is 9.89. The van der Waals surface area contributed by atoms with Crippen molar-refractivity contribution in [3.8, 4) is 68.3 Å². The van der Waals surface area contributed by atoms with E-state index < -0.39 is 6.10 Å². The van der Waals surface area contributed by atoms with Gasteiger partial charge in [0.05, 0.1) is 168 Å². The molecule has 2 fully saturated rings. The van der Waals surface area contributed by atoms with E-state index >= 15 is 0 Å². The largest absolute Gasteiger partial charge is 0.497 e. The maximum absolute atomic E-state index is 11.2. The Balaban J connectivity index is 0.000000154. The Morgan fingerprint density at radius 1 is 0.500 bits per heavy atom. The van der Waals surface area contributed by atoms with Gasteiger partial charge in [-0.15, -0.1) is 0 Å². The first-order valence-corrected chi connectivity index (χ1v) is 37.1. The lowest BCUT2D eigenvalue weighted by molar-refractivity contribution is 0.0164. The van der Waals surface area contributed by atoms with Crippen molar-refractivity contribution >= 4 is 72.9 Å². The van der Waals surface area contributed by atoms with E-state index in [1.807, 2.05) is 154 Å². The van der Waals surface area contributed by atoms with Crippen LogP contribution in [0, 0.1) is 5.92 Å². The third kappa shape index (κ3) is 19.3. The van der Waals surface area contributed by atoms with Crippen molar-refractivity contribution in [2.75, 3.05) is 103 Å². The predicted molar refractivity (Wildman–Crippen MR) is 431 cm³/mol. The molecule has 7 heterocycles. The summed E-state index contributed by atoms with van der Waals surface area (Å²) in [6, 6.07) is 37.3. The van der Waals surface area contributed by atoms with Crippen LogP contribution in [-0.4, -0.2) is 193 Å². The Kier molecular flexibility index (Phi) is 25.6. The minimum atomic E-state index is -0.602. The average Bonchev–Trinajstić information content (AvgIpc) is 0.893. The molecule has 27 heteroatoms. The number of aryl methyl sites for hydroxylation is 2. The van der Waals surface area contributed by atoms with E-state index in [0.717, 1.165) is 151 Å². The number of nitrogens with one attached hydrogen (secondary N) is 1. The molecule has 0 radical (unpaired) electrons. The van der Waals surface area contributed by atoms with Crippen LogP contribution in [-0.2, 0) is 18.8 Å². The molecule has 0 spiro atoms. The number of morpholine rings is 1. The smallest absolute Gasteiger partial charge is 0.124 e. The number of fused-ring (bicyclic) bond motifs is 3. The minimum absolute atomic E-state index is 0.0532. The molecule has 576 valence electrons. The van der Waals surface area contributed by atoms with Crippen molar-refractivity contribution in [3.05, 3.63) is 165 Å². The molecule has 0 bridgehead atoms. The molecule has 1 unspecified atom stereocenters. The molecular weight excluding hydrogens is 1390 g/mol. The summed E-state index contributed by atoms with van der Waals surface area (Å²) >= 11 is 0. The van der Waals surface area contributed by atoms with Gasteiger partial charge in [-0.3, -0.25) is 33.9 Å². The molecule has 3 N–H and O–H groups in total.